The SMILES string of the molecule is COc1ccc(CCC(O)CO)cc1. The fraction of sp³-hybridized carbons (Fsp3) is 0.455. The molecule has 0 fully saturated rings. The van der Waals surface area contributed by atoms with Gasteiger partial charge in [0, 0.05) is 0 Å². The Morgan fingerprint density at radius 2 is 1.93 bits per heavy atom. The maximum Gasteiger partial charge on any atom is 0.118 e. The van der Waals surface area contributed by atoms with Gasteiger partial charge in [-0.15, -0.1) is 0 Å². The molecule has 0 radical (unpaired) electrons. The first kappa shape index (κ1) is 11.0. The zero-order chi connectivity index (χ0) is 10.4. The first-order valence-corrected chi connectivity index (χ1v) is 4.68. The minimum atomic E-state index is -0.614. The van der Waals surface area contributed by atoms with Gasteiger partial charge in [0.15, 0.2) is 0 Å². The minimum absolute atomic E-state index is 0.170. The molecular formula is C11H16O3. The molecule has 0 heterocycles. The molecule has 1 rings (SSSR count). The largest absolute Gasteiger partial charge is 0.497 e. The van der Waals surface area contributed by atoms with Crippen LogP contribution in [0.4, 0.5) is 0 Å². The highest BCUT2D eigenvalue weighted by Gasteiger charge is 2.02. The molecule has 0 bridgehead atoms. The molecule has 1 unspecified atom stereocenters. The van der Waals surface area contributed by atoms with Crippen LogP contribution in [0.5, 0.6) is 5.75 Å². The molecule has 1 aromatic carbocycles. The van der Waals surface area contributed by atoms with Crippen molar-refractivity contribution in [2.45, 2.75) is 18.9 Å². The molecule has 3 nitrogen and oxygen atoms in total. The summed E-state index contributed by atoms with van der Waals surface area (Å²) in [6.07, 6.45) is 0.742. The summed E-state index contributed by atoms with van der Waals surface area (Å²) in [5.41, 5.74) is 1.14. The average molecular weight is 196 g/mol. The molecule has 0 amide bonds. The number of ether oxygens (including phenoxy) is 1. The van der Waals surface area contributed by atoms with Gasteiger partial charge in [0.2, 0.25) is 0 Å². The summed E-state index contributed by atoms with van der Waals surface area (Å²) in [5.74, 6) is 0.830. The van der Waals surface area contributed by atoms with Gasteiger partial charge in [-0.25, -0.2) is 0 Å². The van der Waals surface area contributed by atoms with Crippen LogP contribution in [0.25, 0.3) is 0 Å². The molecule has 0 aromatic heterocycles. The summed E-state index contributed by atoms with van der Waals surface area (Å²) >= 11 is 0. The van der Waals surface area contributed by atoms with Crippen LogP contribution in [-0.2, 0) is 6.42 Å². The number of hydrogen-bond donors (Lipinski definition) is 2. The van der Waals surface area contributed by atoms with Gasteiger partial charge < -0.3 is 14.9 Å². The number of aryl methyl sites for hydroxylation is 1. The summed E-state index contributed by atoms with van der Waals surface area (Å²) in [7, 11) is 1.63. The van der Waals surface area contributed by atoms with E-state index in [2.05, 4.69) is 0 Å². The summed E-state index contributed by atoms with van der Waals surface area (Å²) < 4.78 is 5.03. The third kappa shape index (κ3) is 3.36. The Balaban J connectivity index is 2.43. The van der Waals surface area contributed by atoms with Crippen molar-refractivity contribution in [2.75, 3.05) is 13.7 Å². The molecule has 78 valence electrons. The van der Waals surface area contributed by atoms with Crippen LogP contribution in [0.15, 0.2) is 24.3 Å². The van der Waals surface area contributed by atoms with Crippen molar-refractivity contribution in [1.29, 1.82) is 0 Å². The maximum absolute atomic E-state index is 9.15. The van der Waals surface area contributed by atoms with Crippen molar-refractivity contribution in [2.24, 2.45) is 0 Å². The van der Waals surface area contributed by atoms with Crippen molar-refractivity contribution in [3.63, 3.8) is 0 Å². The van der Waals surface area contributed by atoms with E-state index in [0.29, 0.717) is 6.42 Å². The summed E-state index contributed by atoms with van der Waals surface area (Å²) in [5, 5.41) is 17.8. The highest BCUT2D eigenvalue weighted by Crippen LogP contribution is 2.13. The first-order valence-electron chi connectivity index (χ1n) is 4.68. The highest BCUT2D eigenvalue weighted by molar-refractivity contribution is 5.27. The molecule has 1 atom stereocenters. The number of rotatable bonds is 5. The van der Waals surface area contributed by atoms with Crippen molar-refractivity contribution in [3.8, 4) is 5.75 Å². The lowest BCUT2D eigenvalue weighted by molar-refractivity contribution is 0.0886. The Hall–Kier alpha value is -1.06. The average Bonchev–Trinajstić information content (AvgIpc) is 2.26. The smallest absolute Gasteiger partial charge is 0.118 e. The van der Waals surface area contributed by atoms with Gasteiger partial charge in [-0.1, -0.05) is 12.1 Å². The van der Waals surface area contributed by atoms with Crippen molar-refractivity contribution < 1.29 is 14.9 Å². The molecule has 14 heavy (non-hydrogen) atoms. The molecule has 0 saturated heterocycles. The molecule has 1 aromatic rings. The van der Waals surface area contributed by atoms with Crippen LogP contribution in [0, 0.1) is 0 Å². The monoisotopic (exact) mass is 196 g/mol. The minimum Gasteiger partial charge on any atom is -0.497 e. The lowest BCUT2D eigenvalue weighted by atomic mass is 10.1. The Morgan fingerprint density at radius 3 is 2.43 bits per heavy atom. The number of benzene rings is 1. The van der Waals surface area contributed by atoms with Crippen LogP contribution >= 0.6 is 0 Å². The Labute approximate surface area is 84.0 Å². The van der Waals surface area contributed by atoms with Crippen LogP contribution < -0.4 is 4.74 Å². The fourth-order valence-electron chi connectivity index (χ4n) is 1.22. The standard InChI is InChI=1S/C11H16O3/c1-14-11-6-3-9(4-7-11)2-5-10(13)8-12/h3-4,6-7,10,12-13H,2,5,8H2,1H3. The zero-order valence-electron chi connectivity index (χ0n) is 8.31. The van der Waals surface area contributed by atoms with Crippen LogP contribution in [-0.4, -0.2) is 30.0 Å². The topological polar surface area (TPSA) is 49.7 Å². The second kappa shape index (κ2) is 5.62. The van der Waals surface area contributed by atoms with Crippen molar-refractivity contribution in [3.05, 3.63) is 29.8 Å². The van der Waals surface area contributed by atoms with Crippen molar-refractivity contribution in [1.82, 2.24) is 0 Å². The molecule has 3 heteroatoms. The Morgan fingerprint density at radius 1 is 1.29 bits per heavy atom. The Kier molecular flexibility index (Phi) is 4.43. The summed E-state index contributed by atoms with van der Waals surface area (Å²) in [4.78, 5) is 0. The predicted molar refractivity (Wildman–Crippen MR) is 54.4 cm³/mol. The quantitative estimate of drug-likeness (QED) is 0.738. The molecule has 0 saturated carbocycles. The lowest BCUT2D eigenvalue weighted by Crippen LogP contribution is -2.12. The second-order valence-corrected chi connectivity index (χ2v) is 3.22. The van der Waals surface area contributed by atoms with Gasteiger partial charge in [-0.2, -0.15) is 0 Å². The van der Waals surface area contributed by atoms with E-state index in [1.54, 1.807) is 7.11 Å². The first-order chi connectivity index (χ1) is 6.76. The van der Waals surface area contributed by atoms with Crippen LogP contribution in [0.1, 0.15) is 12.0 Å². The zero-order valence-corrected chi connectivity index (χ0v) is 8.31. The van der Waals surface area contributed by atoms with Gasteiger partial charge in [-0.3, -0.25) is 0 Å². The van der Waals surface area contributed by atoms with Gasteiger partial charge in [0.1, 0.15) is 5.75 Å². The van der Waals surface area contributed by atoms with Gasteiger partial charge in [0.05, 0.1) is 19.8 Å². The number of methoxy groups -OCH3 is 1. The number of hydrogen-bond acceptors (Lipinski definition) is 3. The van der Waals surface area contributed by atoms with E-state index in [1.807, 2.05) is 24.3 Å². The highest BCUT2D eigenvalue weighted by atomic mass is 16.5. The molecular weight excluding hydrogens is 180 g/mol. The molecule has 0 aliphatic carbocycles. The third-order valence-corrected chi connectivity index (χ3v) is 2.14. The fourth-order valence-corrected chi connectivity index (χ4v) is 1.22. The lowest BCUT2D eigenvalue weighted by Gasteiger charge is -2.07. The van der Waals surface area contributed by atoms with E-state index in [-0.39, 0.29) is 6.61 Å². The van der Waals surface area contributed by atoms with Gasteiger partial charge >= 0.3 is 0 Å². The van der Waals surface area contributed by atoms with Gasteiger partial charge in [0.25, 0.3) is 0 Å². The van der Waals surface area contributed by atoms with Crippen molar-refractivity contribution >= 4 is 0 Å². The van der Waals surface area contributed by atoms with E-state index < -0.39 is 6.10 Å². The molecule has 2 N–H and O–H groups in total. The van der Waals surface area contributed by atoms with Gasteiger partial charge in [-0.05, 0) is 30.5 Å². The maximum atomic E-state index is 9.15. The summed E-state index contributed by atoms with van der Waals surface area (Å²) in [6, 6.07) is 7.70. The van der Waals surface area contributed by atoms with E-state index in [0.717, 1.165) is 17.7 Å². The molecule has 0 spiro atoms. The predicted octanol–water partition coefficient (Wildman–Crippen LogP) is 0.981. The van der Waals surface area contributed by atoms with E-state index in [1.165, 1.54) is 0 Å². The summed E-state index contributed by atoms with van der Waals surface area (Å²) in [6.45, 7) is -0.170. The molecule has 0 aliphatic heterocycles. The number of aliphatic hydroxyl groups excluding tert-OH is 2. The van der Waals surface area contributed by atoms with Crippen LogP contribution in [0.2, 0.25) is 0 Å². The normalized spacial score (nSPS) is 12.5. The Bertz CT molecular complexity index is 256. The second-order valence-electron chi connectivity index (χ2n) is 3.22. The third-order valence-electron chi connectivity index (χ3n) is 2.14. The van der Waals surface area contributed by atoms with E-state index >= 15 is 0 Å². The molecule has 0 aliphatic rings. The van der Waals surface area contributed by atoms with E-state index in [4.69, 9.17) is 14.9 Å². The number of aliphatic hydroxyl groups is 2. The van der Waals surface area contributed by atoms with Crippen LogP contribution in [0.3, 0.4) is 0 Å². The van der Waals surface area contributed by atoms with E-state index in [9.17, 15) is 0 Å².